The first-order valence-electron chi connectivity index (χ1n) is 10.9. The first kappa shape index (κ1) is 19.1. The maximum absolute atomic E-state index is 12.8. The molecule has 0 aromatic heterocycles. The molecule has 2 saturated carbocycles. The van der Waals surface area contributed by atoms with E-state index >= 15 is 0 Å². The van der Waals surface area contributed by atoms with Crippen LogP contribution in [0.3, 0.4) is 0 Å². The van der Waals surface area contributed by atoms with Crippen molar-refractivity contribution in [1.29, 1.82) is 0 Å². The van der Waals surface area contributed by atoms with Gasteiger partial charge in [0, 0.05) is 23.9 Å². The molecule has 3 aliphatic carbocycles. The number of amides is 2. The highest BCUT2D eigenvalue weighted by Gasteiger charge is 2.68. The summed E-state index contributed by atoms with van der Waals surface area (Å²) in [4.78, 5) is 26.4. The zero-order valence-electron chi connectivity index (χ0n) is 17.1. The standard InChI is InChI=1S/C23H31N3O3/c1-14-2-5-16-9-19-23(29)11-17(21(28)25-12-20(24)27)10-22(23,18(16)8-14)6-7-26(19)13-15-3-4-15/h2,5,8,15,17,19,29H,3-4,6-7,9-13H2,1H3,(H2,24,27)(H,25,28)/t17-,19-,22-,23-/m1/s1. The molecule has 3 fully saturated rings. The fourth-order valence-corrected chi connectivity index (χ4v) is 6.46. The molecule has 2 bridgehead atoms. The molecule has 0 unspecified atom stereocenters. The topological polar surface area (TPSA) is 95.7 Å². The van der Waals surface area contributed by atoms with Gasteiger partial charge in [-0.2, -0.15) is 0 Å². The molecule has 4 aliphatic rings. The number of piperidine rings is 1. The van der Waals surface area contributed by atoms with Crippen molar-refractivity contribution in [3.05, 3.63) is 34.9 Å². The second kappa shape index (κ2) is 6.54. The lowest BCUT2D eigenvalue weighted by Gasteiger charge is -2.59. The monoisotopic (exact) mass is 397 g/mol. The molecule has 156 valence electrons. The number of benzene rings is 1. The number of nitrogens with zero attached hydrogens (tertiary/aromatic N) is 1. The fraction of sp³-hybridized carbons (Fsp3) is 0.652. The van der Waals surface area contributed by atoms with Crippen molar-refractivity contribution < 1.29 is 14.7 Å². The Hall–Kier alpha value is -1.92. The maximum Gasteiger partial charge on any atom is 0.236 e. The minimum absolute atomic E-state index is 0.0565. The van der Waals surface area contributed by atoms with E-state index in [0.29, 0.717) is 12.8 Å². The number of carbonyl (C=O) groups excluding carboxylic acids is 2. The molecule has 1 aliphatic heterocycles. The highest BCUT2D eigenvalue weighted by molar-refractivity contribution is 5.85. The summed E-state index contributed by atoms with van der Waals surface area (Å²) in [6.45, 7) is 3.99. The highest BCUT2D eigenvalue weighted by Crippen LogP contribution is 2.61. The Bertz CT molecular complexity index is 867. The number of nitrogens with two attached hydrogens (primary N) is 1. The number of aryl methyl sites for hydroxylation is 1. The van der Waals surface area contributed by atoms with Gasteiger partial charge in [0.2, 0.25) is 11.8 Å². The lowest BCUT2D eigenvalue weighted by molar-refractivity contribution is -0.134. The molecule has 0 spiro atoms. The maximum atomic E-state index is 12.8. The average Bonchev–Trinajstić information content (AvgIpc) is 3.42. The smallest absolute Gasteiger partial charge is 0.236 e. The van der Waals surface area contributed by atoms with E-state index in [2.05, 4.69) is 35.3 Å². The van der Waals surface area contributed by atoms with Crippen LogP contribution >= 0.6 is 0 Å². The van der Waals surface area contributed by atoms with Gasteiger partial charge in [0.15, 0.2) is 0 Å². The summed E-state index contributed by atoms with van der Waals surface area (Å²) in [6, 6.07) is 6.67. The van der Waals surface area contributed by atoms with E-state index in [1.54, 1.807) is 0 Å². The second-order valence-electron chi connectivity index (χ2n) is 9.86. The lowest BCUT2D eigenvalue weighted by atomic mass is 9.56. The molecule has 0 radical (unpaired) electrons. The first-order chi connectivity index (χ1) is 13.8. The van der Waals surface area contributed by atoms with Gasteiger partial charge in [-0.15, -0.1) is 0 Å². The SMILES string of the molecule is Cc1ccc2c(c1)[C@]13CCN(CC4CC4)[C@H](C2)[C@]1(O)C[C@H](C(=O)NCC(N)=O)C3. The third-order valence-electron chi connectivity index (χ3n) is 7.99. The Kier molecular flexibility index (Phi) is 4.30. The molecule has 1 heterocycles. The highest BCUT2D eigenvalue weighted by atomic mass is 16.3. The zero-order valence-corrected chi connectivity index (χ0v) is 17.1. The van der Waals surface area contributed by atoms with E-state index in [1.165, 1.54) is 29.5 Å². The summed E-state index contributed by atoms with van der Waals surface area (Å²) in [5.74, 6) is -0.230. The third kappa shape index (κ3) is 2.91. The number of nitrogens with one attached hydrogen (secondary N) is 1. The molecule has 1 aromatic rings. The van der Waals surface area contributed by atoms with Crippen molar-refractivity contribution in [3.8, 4) is 0 Å². The van der Waals surface area contributed by atoms with Crippen molar-refractivity contribution in [2.75, 3.05) is 19.6 Å². The molecule has 4 N–H and O–H groups in total. The summed E-state index contributed by atoms with van der Waals surface area (Å²) in [5, 5.41) is 14.9. The second-order valence-corrected chi connectivity index (χ2v) is 9.86. The summed E-state index contributed by atoms with van der Waals surface area (Å²) >= 11 is 0. The average molecular weight is 398 g/mol. The number of fused-ring (bicyclic) bond motifs is 1. The number of rotatable bonds is 5. The molecule has 29 heavy (non-hydrogen) atoms. The van der Waals surface area contributed by atoms with E-state index in [4.69, 9.17) is 5.73 Å². The molecule has 1 aromatic carbocycles. The molecule has 6 nitrogen and oxygen atoms in total. The van der Waals surface area contributed by atoms with Crippen LogP contribution in [-0.2, 0) is 21.4 Å². The number of hydrogen-bond donors (Lipinski definition) is 3. The van der Waals surface area contributed by atoms with Gasteiger partial charge in [-0.05, 0) is 69.0 Å². The van der Waals surface area contributed by atoms with E-state index in [-0.39, 0.29) is 29.8 Å². The van der Waals surface area contributed by atoms with Crippen LogP contribution in [-0.4, -0.2) is 53.1 Å². The largest absolute Gasteiger partial charge is 0.387 e. The number of hydrogen-bond acceptors (Lipinski definition) is 4. The number of carbonyl (C=O) groups is 2. The van der Waals surface area contributed by atoms with Gasteiger partial charge in [0.1, 0.15) is 0 Å². The Morgan fingerprint density at radius 3 is 2.83 bits per heavy atom. The molecular weight excluding hydrogens is 366 g/mol. The molecule has 1 saturated heterocycles. The van der Waals surface area contributed by atoms with Crippen LogP contribution in [0, 0.1) is 18.8 Å². The van der Waals surface area contributed by atoms with Gasteiger partial charge < -0.3 is 16.2 Å². The zero-order chi connectivity index (χ0) is 20.4. The van der Waals surface area contributed by atoms with Gasteiger partial charge in [-0.3, -0.25) is 14.5 Å². The molecule has 6 heteroatoms. The third-order valence-corrected chi connectivity index (χ3v) is 7.99. The summed E-state index contributed by atoms with van der Waals surface area (Å²) in [5.41, 5.74) is 7.68. The van der Waals surface area contributed by atoms with Crippen molar-refractivity contribution in [1.82, 2.24) is 10.2 Å². The van der Waals surface area contributed by atoms with Crippen LogP contribution in [0.5, 0.6) is 0 Å². The predicted octanol–water partition coefficient (Wildman–Crippen LogP) is 1.02. The van der Waals surface area contributed by atoms with Crippen LogP contribution in [0.25, 0.3) is 0 Å². The van der Waals surface area contributed by atoms with Gasteiger partial charge in [-0.1, -0.05) is 23.8 Å². The molecular formula is C23H31N3O3. The van der Waals surface area contributed by atoms with Gasteiger partial charge >= 0.3 is 0 Å². The summed E-state index contributed by atoms with van der Waals surface area (Å²) in [7, 11) is 0. The minimum Gasteiger partial charge on any atom is -0.387 e. The summed E-state index contributed by atoms with van der Waals surface area (Å²) < 4.78 is 0. The van der Waals surface area contributed by atoms with Gasteiger partial charge in [-0.25, -0.2) is 0 Å². The van der Waals surface area contributed by atoms with Crippen LogP contribution in [0.1, 0.15) is 48.8 Å². The first-order valence-corrected chi connectivity index (χ1v) is 10.9. The predicted molar refractivity (Wildman–Crippen MR) is 109 cm³/mol. The van der Waals surface area contributed by atoms with E-state index in [0.717, 1.165) is 31.8 Å². The minimum atomic E-state index is -0.907. The molecule has 5 rings (SSSR count). The Balaban J connectivity index is 1.53. The van der Waals surface area contributed by atoms with Crippen LogP contribution in [0.2, 0.25) is 0 Å². The van der Waals surface area contributed by atoms with Crippen molar-refractivity contribution >= 4 is 11.8 Å². The summed E-state index contributed by atoms with van der Waals surface area (Å²) in [6.07, 6.45) is 5.40. The van der Waals surface area contributed by atoms with Crippen LogP contribution < -0.4 is 11.1 Å². The Labute approximate surface area is 171 Å². The van der Waals surface area contributed by atoms with Crippen molar-refractivity contribution in [2.45, 2.75) is 62.5 Å². The quantitative estimate of drug-likeness (QED) is 0.691. The van der Waals surface area contributed by atoms with Crippen molar-refractivity contribution in [3.63, 3.8) is 0 Å². The number of likely N-dealkylation sites (tertiary alicyclic amines) is 1. The van der Waals surface area contributed by atoms with E-state index in [1.807, 2.05) is 0 Å². The van der Waals surface area contributed by atoms with E-state index < -0.39 is 11.5 Å². The fourth-order valence-electron chi connectivity index (χ4n) is 6.46. The number of aliphatic hydroxyl groups is 1. The molecule has 2 amide bonds. The van der Waals surface area contributed by atoms with Crippen LogP contribution in [0.15, 0.2) is 18.2 Å². The lowest BCUT2D eigenvalue weighted by Crippen LogP contribution is -2.69. The Morgan fingerprint density at radius 1 is 1.31 bits per heavy atom. The normalized spacial score (nSPS) is 35.7. The van der Waals surface area contributed by atoms with Gasteiger partial charge in [0.25, 0.3) is 0 Å². The van der Waals surface area contributed by atoms with Crippen molar-refractivity contribution in [2.24, 2.45) is 17.6 Å². The van der Waals surface area contributed by atoms with E-state index in [9.17, 15) is 14.7 Å². The van der Waals surface area contributed by atoms with Gasteiger partial charge in [0.05, 0.1) is 12.1 Å². The molecule has 4 atom stereocenters. The number of primary amides is 1. The Morgan fingerprint density at radius 2 is 2.10 bits per heavy atom. The van der Waals surface area contributed by atoms with Crippen LogP contribution in [0.4, 0.5) is 0 Å².